The number of para-hydroxylation sites is 1. The first-order chi connectivity index (χ1) is 44.4. The molecule has 17 N–H and O–H groups in total. The summed E-state index contributed by atoms with van der Waals surface area (Å²) in [6.45, 7) is -2.69. The third-order valence-corrected chi connectivity index (χ3v) is 15.0. The Morgan fingerprint density at radius 1 is 0.564 bits per heavy atom. The van der Waals surface area contributed by atoms with Gasteiger partial charge in [-0.2, -0.15) is 51.6 Å². The molecule has 3 aromatic carbocycles. The van der Waals surface area contributed by atoms with E-state index in [4.69, 9.17) is 17.2 Å². The molecule has 0 bridgehead atoms. The van der Waals surface area contributed by atoms with E-state index in [1.807, 2.05) is 0 Å². The van der Waals surface area contributed by atoms with Gasteiger partial charge in [0, 0.05) is 61.3 Å². The van der Waals surface area contributed by atoms with Crippen molar-refractivity contribution >= 4 is 101 Å². The number of rotatable bonds is 38. The van der Waals surface area contributed by atoms with E-state index in [0.29, 0.717) is 34.0 Å². The number of alkyl halides is 6. The first-order valence-electron chi connectivity index (χ1n) is 29.8. The van der Waals surface area contributed by atoms with Crippen molar-refractivity contribution < 1.29 is 79.4 Å². The first-order valence-corrected chi connectivity index (χ1v) is 31.1. The van der Waals surface area contributed by atoms with Crippen LogP contribution in [0.5, 0.6) is 0 Å². The van der Waals surface area contributed by atoms with E-state index < -0.39 is 151 Å². The highest BCUT2D eigenvalue weighted by Gasteiger charge is 2.39. The number of nitrogens with one attached hydrogen (secondary N) is 10. The lowest BCUT2D eigenvalue weighted by molar-refractivity contribution is -0.168. The van der Waals surface area contributed by atoms with Crippen LogP contribution >= 0.6 is 25.3 Å². The second-order valence-corrected chi connectivity index (χ2v) is 22.7. The lowest BCUT2D eigenvalue weighted by atomic mass is 10.0. The number of carbonyl (C=O) groups excluding carboxylic acids is 10. The summed E-state index contributed by atoms with van der Waals surface area (Å²) in [6.07, 6.45) is -9.99. The van der Waals surface area contributed by atoms with Crippen molar-refractivity contribution in [2.24, 2.45) is 22.2 Å². The Bertz CT molecular complexity index is 3190. The van der Waals surface area contributed by atoms with Gasteiger partial charge in [-0.05, 0) is 74.8 Å². The van der Waals surface area contributed by atoms with Crippen LogP contribution in [0.3, 0.4) is 0 Å². The molecule has 0 unspecified atom stereocenters. The molecule has 0 saturated carbocycles. The van der Waals surface area contributed by atoms with Gasteiger partial charge in [-0.15, -0.1) is 0 Å². The Hall–Kier alpha value is -8.63. The fourth-order valence-corrected chi connectivity index (χ4v) is 9.99. The van der Waals surface area contributed by atoms with Gasteiger partial charge in [0.25, 0.3) is 0 Å². The fraction of sp³-hybridized carbons (Fsp3) is 0.483. The van der Waals surface area contributed by atoms with E-state index in [2.05, 4.69) is 83.1 Å². The predicted octanol–water partition coefficient (Wildman–Crippen LogP) is -0.0234. The van der Waals surface area contributed by atoms with Crippen LogP contribution in [-0.4, -0.2) is 191 Å². The number of aliphatic hydroxyl groups excluding tert-OH is 1. The van der Waals surface area contributed by atoms with E-state index in [1.54, 1.807) is 91.1 Å². The molecular weight excluding hydrogens is 1280 g/mol. The number of benzene rings is 3. The zero-order valence-corrected chi connectivity index (χ0v) is 53.3. The van der Waals surface area contributed by atoms with Crippen molar-refractivity contribution in [2.45, 2.75) is 138 Å². The van der Waals surface area contributed by atoms with E-state index in [0.717, 1.165) is 6.92 Å². The molecule has 0 aliphatic rings. The summed E-state index contributed by atoms with van der Waals surface area (Å²) < 4.78 is 77.8. The Kier molecular flexibility index (Phi) is 31.9. The number of aliphatic hydroxyl groups is 1. The van der Waals surface area contributed by atoms with E-state index >= 15 is 0 Å². The van der Waals surface area contributed by atoms with Crippen molar-refractivity contribution in [3.8, 4) is 0 Å². The number of carbonyl (C=O) groups is 10. The molecule has 0 spiro atoms. The number of hydrogen-bond donors (Lipinski definition) is 16. The quantitative estimate of drug-likeness (QED) is 0.00923. The van der Waals surface area contributed by atoms with Gasteiger partial charge >= 0.3 is 12.4 Å². The number of H-pyrrole nitrogens is 1. The lowest BCUT2D eigenvalue weighted by Crippen LogP contribution is -2.62. The van der Waals surface area contributed by atoms with Gasteiger partial charge in [-0.3, -0.25) is 52.9 Å². The standard InChI is InChI=1S/C60H81F6N15O11S2/c1-34(82)49(57(92)79-47(31-94)56(91)76-43(50(68)85)25-36-15-5-3-6-16-36)80-52(87)42(21-11-13-23-67)75-54(89)45(27-38-28-71-40-20-10-9-19-39(38)40)78-53(88)44(26-37-17-7-4-8-18-37)77-55(90)46(30-93)74-48(84)29-72-51(86)41(73-35(2)83)22-12-14-24-70-58(69)81(32-59(61,62)63)33-60(64,65)66/h3-10,15-20,28,34,41-47,49,71,82,93-94H,11-14,21-27,29-33,67H2,1-2H3,(H2,68,85)(H2,69,70)(H,72,86)(H,73,83)(H,74,84)(H,75,89)(H,76,91)(H,77,90)(H,78,88)(H,79,92)(H,80,87)/t34-,41-,42+,43+,44+,45-,46+,47+,49+/m1/s1. The molecule has 10 amide bonds. The second kappa shape index (κ2) is 38.5. The minimum atomic E-state index is -5.03. The van der Waals surface area contributed by atoms with Crippen molar-refractivity contribution in [2.75, 3.05) is 44.2 Å². The van der Waals surface area contributed by atoms with E-state index in [1.165, 1.54) is 6.92 Å². The molecule has 0 radical (unpaired) electrons. The number of aliphatic imine (C=N–C) groups is 1. The topological polar surface area (TPSA) is 409 Å². The molecule has 0 fully saturated rings. The number of amides is 10. The molecule has 94 heavy (non-hydrogen) atoms. The van der Waals surface area contributed by atoms with Crippen LogP contribution in [0.1, 0.15) is 69.1 Å². The number of aromatic amines is 1. The molecule has 4 aromatic rings. The molecule has 4 rings (SSSR count). The van der Waals surface area contributed by atoms with E-state index in [9.17, 15) is 79.4 Å². The number of thiol groups is 2. The summed E-state index contributed by atoms with van der Waals surface area (Å²) in [4.78, 5) is 143. The summed E-state index contributed by atoms with van der Waals surface area (Å²) in [6, 6.07) is 12.5. The number of primary amides is 1. The van der Waals surface area contributed by atoms with Crippen LogP contribution in [0.4, 0.5) is 26.3 Å². The maximum atomic E-state index is 14.8. The molecule has 9 atom stereocenters. The highest BCUT2D eigenvalue weighted by molar-refractivity contribution is 7.80. The van der Waals surface area contributed by atoms with Crippen LogP contribution in [0.2, 0.25) is 0 Å². The molecule has 516 valence electrons. The number of hydrogen-bond acceptors (Lipinski definition) is 15. The normalized spacial score (nSPS) is 14.6. The number of halogens is 6. The Morgan fingerprint density at radius 2 is 1.02 bits per heavy atom. The van der Waals surface area contributed by atoms with Gasteiger partial charge in [0.1, 0.15) is 61.4 Å². The van der Waals surface area contributed by atoms with Crippen LogP contribution in [-0.2, 0) is 67.2 Å². The maximum Gasteiger partial charge on any atom is 0.406 e. The third-order valence-electron chi connectivity index (χ3n) is 14.2. The Balaban J connectivity index is 1.52. The van der Waals surface area contributed by atoms with E-state index in [-0.39, 0.29) is 80.9 Å². The lowest BCUT2D eigenvalue weighted by Gasteiger charge is -2.28. The molecule has 1 aromatic heterocycles. The molecule has 34 heteroatoms. The van der Waals surface area contributed by atoms with Gasteiger partial charge in [0.2, 0.25) is 59.1 Å². The smallest absolute Gasteiger partial charge is 0.391 e. The number of fused-ring (bicyclic) bond motifs is 1. The third kappa shape index (κ3) is 27.5. The highest BCUT2D eigenvalue weighted by Crippen LogP contribution is 2.23. The van der Waals surface area contributed by atoms with Crippen molar-refractivity contribution in [1.82, 2.24) is 57.7 Å². The van der Waals surface area contributed by atoms with Crippen LogP contribution in [0, 0.1) is 0 Å². The average Bonchev–Trinajstić information content (AvgIpc) is 1.72. The summed E-state index contributed by atoms with van der Waals surface area (Å²) in [7, 11) is 0. The molecule has 26 nitrogen and oxygen atoms in total. The maximum absolute atomic E-state index is 14.8. The SMILES string of the molecule is CC(=O)N[C@H](CCCCN=C(N)N(CC(F)(F)F)CC(F)(F)F)C(=O)NCC(=O)N[C@@H](CS)C(=O)N[C@@H](Cc1ccccc1)C(=O)N[C@H](Cc1c[nH]c2ccccc12)C(=O)N[C@@H](CCCCN)C(=O)N[C@H](C(=O)N[C@@H](CS)C(=O)N[C@@H](Cc1ccccc1)C(N)=O)[C@@H](C)O. The van der Waals surface area contributed by atoms with Crippen molar-refractivity contribution in [3.63, 3.8) is 0 Å². The second-order valence-electron chi connectivity index (χ2n) is 21.9. The van der Waals surface area contributed by atoms with Crippen LogP contribution < -0.4 is 65.1 Å². The first kappa shape index (κ1) is 77.8. The number of unbranched alkanes of at least 4 members (excludes halogenated alkanes) is 2. The molecule has 0 saturated heterocycles. The molecule has 0 aliphatic carbocycles. The summed E-state index contributed by atoms with van der Waals surface area (Å²) >= 11 is 8.45. The summed E-state index contributed by atoms with van der Waals surface area (Å²) in [5, 5.41) is 34.1. The van der Waals surface area contributed by atoms with Gasteiger partial charge in [0.15, 0.2) is 5.96 Å². The van der Waals surface area contributed by atoms with Crippen LogP contribution in [0.25, 0.3) is 10.9 Å². The molecule has 1 heterocycles. The van der Waals surface area contributed by atoms with Gasteiger partial charge in [-0.25, -0.2) is 0 Å². The molecule has 0 aliphatic heterocycles. The van der Waals surface area contributed by atoms with Gasteiger partial charge in [0.05, 0.1) is 12.6 Å². The predicted molar refractivity (Wildman–Crippen MR) is 342 cm³/mol. The number of guanidine groups is 1. The van der Waals surface area contributed by atoms with Crippen molar-refractivity contribution in [1.29, 1.82) is 0 Å². The Morgan fingerprint density at radius 3 is 1.54 bits per heavy atom. The zero-order chi connectivity index (χ0) is 69.7. The minimum absolute atomic E-state index is 0.00947. The monoisotopic (exact) mass is 1370 g/mol. The average molecular weight is 1370 g/mol. The fourth-order valence-electron chi connectivity index (χ4n) is 9.48. The molecular formula is C60H81F6N15O11S2. The minimum Gasteiger partial charge on any atom is -0.391 e. The zero-order valence-electron chi connectivity index (χ0n) is 51.5. The van der Waals surface area contributed by atoms with Gasteiger partial charge in [-0.1, -0.05) is 78.9 Å². The largest absolute Gasteiger partial charge is 0.406 e. The number of aromatic nitrogens is 1. The number of nitrogens with two attached hydrogens (primary N) is 3. The van der Waals surface area contributed by atoms with Gasteiger partial charge < -0.3 is 80.0 Å². The Labute approximate surface area is 548 Å². The van der Waals surface area contributed by atoms with Crippen LogP contribution in [0.15, 0.2) is 96.1 Å². The summed E-state index contributed by atoms with van der Waals surface area (Å²) in [5.74, 6) is -10.7. The van der Waals surface area contributed by atoms with Crippen molar-refractivity contribution in [3.05, 3.63) is 108 Å². The highest BCUT2D eigenvalue weighted by atomic mass is 32.1. The number of nitrogens with zero attached hydrogens (tertiary/aromatic N) is 2. The summed E-state index contributed by atoms with van der Waals surface area (Å²) in [5.41, 5.74) is 19.3.